The molecule has 0 bridgehead atoms. The SMILES string of the molecule is CNC1CCC(c2ccccc2)CC1CCc1cccs1. The van der Waals surface area contributed by atoms with Crippen molar-refractivity contribution in [2.75, 3.05) is 7.05 Å². The van der Waals surface area contributed by atoms with Gasteiger partial charge in [0.1, 0.15) is 0 Å². The van der Waals surface area contributed by atoms with Crippen LogP contribution in [0.1, 0.15) is 42.0 Å². The van der Waals surface area contributed by atoms with Crippen LogP contribution in [0.4, 0.5) is 0 Å². The highest BCUT2D eigenvalue weighted by Crippen LogP contribution is 2.38. The highest BCUT2D eigenvalue weighted by Gasteiger charge is 2.29. The molecule has 1 aliphatic carbocycles. The molecular weight excluding hydrogens is 274 g/mol. The van der Waals surface area contributed by atoms with Crippen LogP contribution in [0, 0.1) is 5.92 Å². The molecule has 0 spiro atoms. The predicted octanol–water partition coefficient (Wildman–Crippen LogP) is 4.85. The lowest BCUT2D eigenvalue weighted by Gasteiger charge is -2.36. The number of benzene rings is 1. The summed E-state index contributed by atoms with van der Waals surface area (Å²) in [6.07, 6.45) is 6.52. The summed E-state index contributed by atoms with van der Waals surface area (Å²) >= 11 is 1.90. The zero-order chi connectivity index (χ0) is 14.5. The van der Waals surface area contributed by atoms with Crippen LogP contribution in [0.15, 0.2) is 47.8 Å². The molecule has 1 fully saturated rings. The zero-order valence-corrected chi connectivity index (χ0v) is 13.6. The van der Waals surface area contributed by atoms with Crippen molar-refractivity contribution in [3.8, 4) is 0 Å². The van der Waals surface area contributed by atoms with E-state index in [1.807, 2.05) is 11.3 Å². The van der Waals surface area contributed by atoms with Crippen LogP contribution in [0.25, 0.3) is 0 Å². The van der Waals surface area contributed by atoms with Crippen LogP contribution < -0.4 is 5.32 Å². The number of aryl methyl sites for hydroxylation is 1. The molecule has 1 aromatic heterocycles. The summed E-state index contributed by atoms with van der Waals surface area (Å²) in [4.78, 5) is 1.53. The summed E-state index contributed by atoms with van der Waals surface area (Å²) in [5.41, 5.74) is 1.54. The lowest BCUT2D eigenvalue weighted by Crippen LogP contribution is -2.38. The smallest absolute Gasteiger partial charge is 0.00928 e. The number of hydrogen-bond donors (Lipinski definition) is 1. The molecular formula is C19H25NS. The Morgan fingerprint density at radius 1 is 1.10 bits per heavy atom. The van der Waals surface area contributed by atoms with Gasteiger partial charge in [0.25, 0.3) is 0 Å². The van der Waals surface area contributed by atoms with Gasteiger partial charge in [-0.15, -0.1) is 11.3 Å². The fraction of sp³-hybridized carbons (Fsp3) is 0.474. The summed E-state index contributed by atoms with van der Waals surface area (Å²) in [7, 11) is 2.13. The third-order valence-corrected chi connectivity index (χ3v) is 5.90. The maximum Gasteiger partial charge on any atom is 0.00928 e. The second-order valence-electron chi connectivity index (χ2n) is 6.19. The van der Waals surface area contributed by atoms with E-state index in [2.05, 4.69) is 60.2 Å². The van der Waals surface area contributed by atoms with Crippen molar-refractivity contribution in [1.29, 1.82) is 0 Å². The fourth-order valence-corrected chi connectivity index (χ4v) is 4.50. The normalized spacial score (nSPS) is 25.9. The van der Waals surface area contributed by atoms with Crippen molar-refractivity contribution < 1.29 is 0 Å². The Labute approximate surface area is 132 Å². The molecule has 0 amide bonds. The van der Waals surface area contributed by atoms with Gasteiger partial charge >= 0.3 is 0 Å². The lowest BCUT2D eigenvalue weighted by molar-refractivity contribution is 0.237. The average Bonchev–Trinajstić information content (AvgIpc) is 3.07. The first-order valence-electron chi connectivity index (χ1n) is 8.11. The summed E-state index contributed by atoms with van der Waals surface area (Å²) in [6, 6.07) is 16.2. The van der Waals surface area contributed by atoms with E-state index in [-0.39, 0.29) is 0 Å². The molecule has 1 aromatic carbocycles. The fourth-order valence-electron chi connectivity index (χ4n) is 3.77. The Bertz CT molecular complexity index is 520. The molecule has 0 saturated heterocycles. The van der Waals surface area contributed by atoms with Gasteiger partial charge in [0, 0.05) is 10.9 Å². The van der Waals surface area contributed by atoms with Gasteiger partial charge in [0.05, 0.1) is 0 Å². The van der Waals surface area contributed by atoms with Crippen molar-refractivity contribution in [2.24, 2.45) is 5.92 Å². The minimum Gasteiger partial charge on any atom is -0.317 e. The van der Waals surface area contributed by atoms with Gasteiger partial charge in [0.15, 0.2) is 0 Å². The molecule has 1 saturated carbocycles. The third-order valence-electron chi connectivity index (χ3n) is 4.97. The highest BCUT2D eigenvalue weighted by molar-refractivity contribution is 7.09. The van der Waals surface area contributed by atoms with Gasteiger partial charge in [-0.1, -0.05) is 36.4 Å². The Kier molecular flexibility index (Phi) is 5.10. The molecule has 2 heteroatoms. The molecule has 1 heterocycles. The van der Waals surface area contributed by atoms with Crippen molar-refractivity contribution in [3.05, 3.63) is 58.3 Å². The summed E-state index contributed by atoms with van der Waals surface area (Å²) in [6.45, 7) is 0. The monoisotopic (exact) mass is 299 g/mol. The van der Waals surface area contributed by atoms with Crippen LogP contribution in [0.2, 0.25) is 0 Å². The van der Waals surface area contributed by atoms with E-state index in [0.717, 1.165) is 11.8 Å². The largest absolute Gasteiger partial charge is 0.317 e. The highest BCUT2D eigenvalue weighted by atomic mass is 32.1. The van der Waals surface area contributed by atoms with Crippen LogP contribution >= 0.6 is 11.3 Å². The molecule has 21 heavy (non-hydrogen) atoms. The Morgan fingerprint density at radius 2 is 1.95 bits per heavy atom. The van der Waals surface area contributed by atoms with E-state index in [0.29, 0.717) is 6.04 Å². The molecule has 2 aromatic rings. The molecule has 112 valence electrons. The minimum absolute atomic E-state index is 0.699. The first-order chi connectivity index (χ1) is 10.4. The predicted molar refractivity (Wildman–Crippen MR) is 92.0 cm³/mol. The van der Waals surface area contributed by atoms with Crippen molar-refractivity contribution in [1.82, 2.24) is 5.32 Å². The quantitative estimate of drug-likeness (QED) is 0.832. The zero-order valence-electron chi connectivity index (χ0n) is 12.8. The Morgan fingerprint density at radius 3 is 2.67 bits per heavy atom. The molecule has 3 atom stereocenters. The van der Waals surface area contributed by atoms with Crippen LogP contribution in [0.3, 0.4) is 0 Å². The van der Waals surface area contributed by atoms with Crippen molar-refractivity contribution in [3.63, 3.8) is 0 Å². The topological polar surface area (TPSA) is 12.0 Å². The van der Waals surface area contributed by atoms with Crippen molar-refractivity contribution >= 4 is 11.3 Å². The second kappa shape index (κ2) is 7.24. The first-order valence-corrected chi connectivity index (χ1v) is 8.99. The van der Waals surface area contributed by atoms with E-state index in [4.69, 9.17) is 0 Å². The maximum atomic E-state index is 3.56. The van der Waals surface area contributed by atoms with Crippen LogP contribution in [0.5, 0.6) is 0 Å². The number of thiophene rings is 1. The third kappa shape index (κ3) is 3.75. The van der Waals surface area contributed by atoms with Crippen LogP contribution in [-0.2, 0) is 6.42 Å². The van der Waals surface area contributed by atoms with E-state index in [9.17, 15) is 0 Å². The lowest BCUT2D eigenvalue weighted by atomic mass is 9.73. The van der Waals surface area contributed by atoms with Crippen molar-refractivity contribution in [2.45, 2.75) is 44.1 Å². The van der Waals surface area contributed by atoms with E-state index < -0.39 is 0 Å². The second-order valence-corrected chi connectivity index (χ2v) is 7.23. The minimum atomic E-state index is 0.699. The van der Waals surface area contributed by atoms with Crippen LogP contribution in [-0.4, -0.2) is 13.1 Å². The van der Waals surface area contributed by atoms with Gasteiger partial charge in [-0.05, 0) is 68.0 Å². The molecule has 3 rings (SSSR count). The van der Waals surface area contributed by atoms with E-state index >= 15 is 0 Å². The molecule has 1 nitrogen and oxygen atoms in total. The summed E-state index contributed by atoms with van der Waals surface area (Å²) in [5.74, 6) is 1.56. The average molecular weight is 299 g/mol. The molecule has 0 radical (unpaired) electrons. The first kappa shape index (κ1) is 14.8. The summed E-state index contributed by atoms with van der Waals surface area (Å²) in [5, 5.41) is 5.75. The summed E-state index contributed by atoms with van der Waals surface area (Å²) < 4.78 is 0. The molecule has 1 N–H and O–H groups in total. The molecule has 3 unspecified atom stereocenters. The number of hydrogen-bond acceptors (Lipinski definition) is 2. The Balaban J connectivity index is 1.64. The van der Waals surface area contributed by atoms with Gasteiger partial charge in [-0.3, -0.25) is 0 Å². The number of rotatable bonds is 5. The molecule has 0 aliphatic heterocycles. The maximum absolute atomic E-state index is 3.56. The van der Waals surface area contributed by atoms with E-state index in [1.165, 1.54) is 42.5 Å². The van der Waals surface area contributed by atoms with E-state index in [1.54, 1.807) is 0 Å². The molecule has 1 aliphatic rings. The Hall–Kier alpha value is -1.12. The van der Waals surface area contributed by atoms with Gasteiger partial charge in [-0.25, -0.2) is 0 Å². The van der Waals surface area contributed by atoms with Gasteiger partial charge in [0.2, 0.25) is 0 Å². The number of nitrogens with one attached hydrogen (secondary N) is 1. The van der Waals surface area contributed by atoms with Gasteiger partial charge < -0.3 is 5.32 Å². The standard InChI is InChI=1S/C19H25NS/c1-20-19-12-10-16(15-6-3-2-4-7-15)14-17(19)9-11-18-8-5-13-21-18/h2-8,13,16-17,19-20H,9-12,14H2,1H3. The van der Waals surface area contributed by atoms with Gasteiger partial charge in [-0.2, -0.15) is 0 Å².